The highest BCUT2D eigenvalue weighted by Gasteiger charge is 2.19. The standard InChI is InChI=1S/C58H34S/c1-3-15-42-35(12-1)14-11-23-45(42)55-49-21-9-7-19-47(49)54(48-20-8-10-22-50(48)55)41-27-26-37-32-38(24-25-39(37)33-41)40-29-30-51-53(34-40)44-17-5-6-18-46(44)56-52-31-28-36-13-2-4-16-43(36)57(52)59-58(51)56/h1-34H. The van der Waals surface area contributed by atoms with E-state index in [0.717, 1.165) is 0 Å². The molecule has 0 unspecified atom stereocenters. The van der Waals surface area contributed by atoms with E-state index >= 15 is 0 Å². The predicted molar refractivity (Wildman–Crippen MR) is 258 cm³/mol. The molecule has 0 aliphatic rings. The zero-order chi connectivity index (χ0) is 38.6. The summed E-state index contributed by atoms with van der Waals surface area (Å²) < 4.78 is 2.74. The summed E-state index contributed by atoms with van der Waals surface area (Å²) in [6, 6.07) is 76.9. The molecule has 0 saturated heterocycles. The van der Waals surface area contributed by atoms with E-state index in [1.54, 1.807) is 0 Å². The molecule has 272 valence electrons. The molecule has 0 nitrogen and oxygen atoms in total. The average Bonchev–Trinajstić information content (AvgIpc) is 3.71. The van der Waals surface area contributed by atoms with Crippen molar-refractivity contribution >= 4 is 107 Å². The second-order valence-electron chi connectivity index (χ2n) is 15.9. The number of thiophene rings is 1. The van der Waals surface area contributed by atoms with Gasteiger partial charge in [0, 0.05) is 25.6 Å². The number of hydrogen-bond acceptors (Lipinski definition) is 1. The fraction of sp³-hybridized carbons (Fsp3) is 0. The first-order valence-corrected chi connectivity index (χ1v) is 21.2. The maximum absolute atomic E-state index is 2.42. The monoisotopic (exact) mass is 762 g/mol. The lowest BCUT2D eigenvalue weighted by atomic mass is 9.84. The molecule has 12 aromatic carbocycles. The van der Waals surface area contributed by atoms with Gasteiger partial charge in [-0.05, 0) is 122 Å². The Hall–Kier alpha value is -7.32. The molecule has 0 amide bonds. The van der Waals surface area contributed by atoms with Crippen LogP contribution in [0.1, 0.15) is 0 Å². The second kappa shape index (κ2) is 12.6. The Morgan fingerprint density at radius 2 is 0.729 bits per heavy atom. The van der Waals surface area contributed by atoms with Gasteiger partial charge in [-0.2, -0.15) is 0 Å². The predicted octanol–water partition coefficient (Wildman–Crippen LogP) is 17.1. The molecule has 0 spiro atoms. The quantitative estimate of drug-likeness (QED) is 0.124. The fourth-order valence-corrected chi connectivity index (χ4v) is 11.5. The highest BCUT2D eigenvalue weighted by molar-refractivity contribution is 7.27. The summed E-state index contributed by atoms with van der Waals surface area (Å²) in [6.07, 6.45) is 0. The normalized spacial score (nSPS) is 12.1. The first-order chi connectivity index (χ1) is 29.3. The third kappa shape index (κ3) is 4.83. The topological polar surface area (TPSA) is 0 Å². The van der Waals surface area contributed by atoms with Crippen LogP contribution in [0.5, 0.6) is 0 Å². The molecular weight excluding hydrogens is 729 g/mol. The van der Waals surface area contributed by atoms with E-state index in [-0.39, 0.29) is 0 Å². The van der Waals surface area contributed by atoms with Crippen molar-refractivity contribution in [2.45, 2.75) is 0 Å². The van der Waals surface area contributed by atoms with Crippen LogP contribution >= 0.6 is 11.3 Å². The van der Waals surface area contributed by atoms with Crippen LogP contribution in [0.3, 0.4) is 0 Å². The Morgan fingerprint density at radius 1 is 0.237 bits per heavy atom. The Kier molecular flexibility index (Phi) is 6.98. The lowest BCUT2D eigenvalue weighted by molar-refractivity contribution is 1.67. The van der Waals surface area contributed by atoms with Crippen molar-refractivity contribution in [1.29, 1.82) is 0 Å². The van der Waals surface area contributed by atoms with Crippen molar-refractivity contribution in [3.8, 4) is 33.4 Å². The van der Waals surface area contributed by atoms with Gasteiger partial charge in [0.25, 0.3) is 0 Å². The van der Waals surface area contributed by atoms with E-state index < -0.39 is 0 Å². The van der Waals surface area contributed by atoms with Crippen molar-refractivity contribution in [3.05, 3.63) is 206 Å². The van der Waals surface area contributed by atoms with Crippen LogP contribution in [-0.4, -0.2) is 0 Å². The molecule has 0 bridgehead atoms. The number of benzene rings is 12. The summed E-state index contributed by atoms with van der Waals surface area (Å²) in [7, 11) is 0. The van der Waals surface area contributed by atoms with Crippen LogP contribution in [0.4, 0.5) is 0 Å². The van der Waals surface area contributed by atoms with E-state index in [4.69, 9.17) is 0 Å². The minimum Gasteiger partial charge on any atom is -0.134 e. The van der Waals surface area contributed by atoms with Crippen LogP contribution in [0.15, 0.2) is 206 Å². The van der Waals surface area contributed by atoms with E-state index in [0.29, 0.717) is 0 Å². The molecule has 0 aliphatic heterocycles. The first-order valence-electron chi connectivity index (χ1n) is 20.4. The molecule has 1 aromatic heterocycles. The molecular formula is C58H34S. The summed E-state index contributed by atoms with van der Waals surface area (Å²) in [5.41, 5.74) is 7.56. The van der Waals surface area contributed by atoms with Crippen LogP contribution < -0.4 is 0 Å². The van der Waals surface area contributed by atoms with E-state index in [9.17, 15) is 0 Å². The highest BCUT2D eigenvalue weighted by Crippen LogP contribution is 2.48. The Morgan fingerprint density at radius 3 is 1.46 bits per heavy atom. The Bertz CT molecular complexity index is 3840. The van der Waals surface area contributed by atoms with Crippen molar-refractivity contribution in [2.24, 2.45) is 0 Å². The van der Waals surface area contributed by atoms with Gasteiger partial charge in [-0.3, -0.25) is 0 Å². The molecule has 0 aliphatic carbocycles. The molecule has 13 aromatic rings. The van der Waals surface area contributed by atoms with Crippen LogP contribution in [0.2, 0.25) is 0 Å². The van der Waals surface area contributed by atoms with Gasteiger partial charge in [-0.15, -0.1) is 11.3 Å². The van der Waals surface area contributed by atoms with E-state index in [1.165, 1.54) is 129 Å². The zero-order valence-electron chi connectivity index (χ0n) is 32.0. The molecule has 0 saturated carbocycles. The average molecular weight is 763 g/mol. The Labute approximate surface area is 344 Å². The van der Waals surface area contributed by atoms with Crippen LogP contribution in [0, 0.1) is 0 Å². The minimum absolute atomic E-state index is 1.23. The molecule has 0 radical (unpaired) electrons. The van der Waals surface area contributed by atoms with Gasteiger partial charge < -0.3 is 0 Å². The number of rotatable bonds is 3. The van der Waals surface area contributed by atoms with Crippen LogP contribution in [0.25, 0.3) is 129 Å². The summed E-state index contributed by atoms with van der Waals surface area (Å²) >= 11 is 1.94. The maximum atomic E-state index is 2.42. The van der Waals surface area contributed by atoms with E-state index in [1.807, 2.05) is 11.3 Å². The van der Waals surface area contributed by atoms with Gasteiger partial charge in [0.15, 0.2) is 0 Å². The lowest BCUT2D eigenvalue weighted by Crippen LogP contribution is -1.91. The molecule has 1 heterocycles. The summed E-state index contributed by atoms with van der Waals surface area (Å²) in [4.78, 5) is 0. The zero-order valence-corrected chi connectivity index (χ0v) is 32.9. The third-order valence-electron chi connectivity index (χ3n) is 12.8. The minimum atomic E-state index is 1.23. The number of hydrogen-bond donors (Lipinski definition) is 0. The van der Waals surface area contributed by atoms with Gasteiger partial charge in [-0.25, -0.2) is 0 Å². The van der Waals surface area contributed by atoms with Crippen molar-refractivity contribution in [1.82, 2.24) is 0 Å². The van der Waals surface area contributed by atoms with Gasteiger partial charge in [0.05, 0.1) is 0 Å². The van der Waals surface area contributed by atoms with Crippen molar-refractivity contribution in [3.63, 3.8) is 0 Å². The molecule has 0 N–H and O–H groups in total. The molecule has 1 heteroatoms. The van der Waals surface area contributed by atoms with Crippen molar-refractivity contribution in [2.75, 3.05) is 0 Å². The summed E-state index contributed by atoms with van der Waals surface area (Å²) in [5.74, 6) is 0. The summed E-state index contributed by atoms with van der Waals surface area (Å²) in [6.45, 7) is 0. The van der Waals surface area contributed by atoms with E-state index in [2.05, 4.69) is 206 Å². The second-order valence-corrected chi connectivity index (χ2v) is 16.9. The van der Waals surface area contributed by atoms with Gasteiger partial charge >= 0.3 is 0 Å². The number of fused-ring (bicyclic) bond motifs is 14. The molecule has 0 atom stereocenters. The van der Waals surface area contributed by atoms with Gasteiger partial charge in [0.1, 0.15) is 0 Å². The lowest BCUT2D eigenvalue weighted by Gasteiger charge is -2.19. The largest absolute Gasteiger partial charge is 0.134 e. The molecule has 0 fully saturated rings. The maximum Gasteiger partial charge on any atom is 0.0440 e. The SMILES string of the molecule is c1ccc2c(-c3c4ccccc4c(-c4ccc5cc(-c6ccc7c(c6)c6ccccc6c6c8ccc9ccccc9c8sc76)ccc5c4)c4ccccc34)cccc2c1. The fourth-order valence-electron chi connectivity index (χ4n) is 10.1. The first kappa shape index (κ1) is 32.7. The van der Waals surface area contributed by atoms with Gasteiger partial charge in [0.2, 0.25) is 0 Å². The Balaban J connectivity index is 0.968. The molecule has 59 heavy (non-hydrogen) atoms. The highest BCUT2D eigenvalue weighted by atomic mass is 32.1. The van der Waals surface area contributed by atoms with Crippen LogP contribution in [-0.2, 0) is 0 Å². The smallest absolute Gasteiger partial charge is 0.0440 e. The third-order valence-corrected chi connectivity index (χ3v) is 14.1. The molecule has 13 rings (SSSR count). The summed E-state index contributed by atoms with van der Waals surface area (Å²) in [5, 5.41) is 20.7. The van der Waals surface area contributed by atoms with Gasteiger partial charge in [-0.1, -0.05) is 188 Å². The van der Waals surface area contributed by atoms with Crippen molar-refractivity contribution < 1.29 is 0 Å².